The molecule has 21 heavy (non-hydrogen) atoms. The summed E-state index contributed by atoms with van der Waals surface area (Å²) in [5, 5.41) is 0. The van der Waals surface area contributed by atoms with Crippen LogP contribution in [0.1, 0.15) is 49.1 Å². The van der Waals surface area contributed by atoms with E-state index in [-0.39, 0.29) is 11.5 Å². The number of hydrogen-bond acceptors (Lipinski definition) is 2. The van der Waals surface area contributed by atoms with Crippen molar-refractivity contribution in [1.82, 2.24) is 0 Å². The second-order valence-corrected chi connectivity index (χ2v) is 6.75. The maximum atomic E-state index is 6.61. The molecule has 0 amide bonds. The van der Waals surface area contributed by atoms with Gasteiger partial charge in [-0.3, -0.25) is 0 Å². The third kappa shape index (κ3) is 2.56. The molecule has 0 saturated heterocycles. The van der Waals surface area contributed by atoms with Gasteiger partial charge in [0.05, 0.1) is 12.6 Å². The van der Waals surface area contributed by atoms with Gasteiger partial charge in [-0.25, -0.2) is 0 Å². The molecule has 2 aromatic carbocycles. The fourth-order valence-corrected chi connectivity index (χ4v) is 3.10. The van der Waals surface area contributed by atoms with E-state index in [2.05, 4.69) is 63.2 Å². The van der Waals surface area contributed by atoms with E-state index in [1.807, 2.05) is 0 Å². The molecule has 1 heterocycles. The number of ether oxygens (including phenoxy) is 1. The van der Waals surface area contributed by atoms with E-state index in [9.17, 15) is 0 Å². The Kier molecular flexibility index (Phi) is 3.50. The van der Waals surface area contributed by atoms with Gasteiger partial charge in [0, 0.05) is 12.0 Å². The minimum atomic E-state index is -0.145. The minimum Gasteiger partial charge on any atom is -0.493 e. The van der Waals surface area contributed by atoms with Gasteiger partial charge >= 0.3 is 0 Å². The molecule has 1 aliphatic heterocycles. The third-order valence-electron chi connectivity index (χ3n) is 4.18. The quantitative estimate of drug-likeness (QED) is 0.904. The summed E-state index contributed by atoms with van der Waals surface area (Å²) in [5.41, 5.74) is 11.5. The zero-order valence-electron chi connectivity index (χ0n) is 13.0. The van der Waals surface area contributed by atoms with Gasteiger partial charge in [-0.05, 0) is 22.1 Å². The highest BCUT2D eigenvalue weighted by Crippen LogP contribution is 2.38. The summed E-state index contributed by atoms with van der Waals surface area (Å²) >= 11 is 0. The molecular formula is C19H23NO. The number of benzene rings is 2. The molecule has 3 rings (SSSR count). The Hall–Kier alpha value is -1.80. The van der Waals surface area contributed by atoms with Crippen LogP contribution in [0.3, 0.4) is 0 Å². The largest absolute Gasteiger partial charge is 0.493 e. The first-order valence-corrected chi connectivity index (χ1v) is 7.58. The van der Waals surface area contributed by atoms with Gasteiger partial charge in [0.1, 0.15) is 5.75 Å². The summed E-state index contributed by atoms with van der Waals surface area (Å²) in [5.74, 6) is 0.994. The van der Waals surface area contributed by atoms with E-state index in [4.69, 9.17) is 10.5 Å². The highest BCUT2D eigenvalue weighted by Gasteiger charge is 2.25. The van der Waals surface area contributed by atoms with Crippen LogP contribution in [-0.2, 0) is 11.8 Å². The van der Waals surface area contributed by atoms with Crippen LogP contribution in [0.25, 0.3) is 0 Å². The third-order valence-corrected chi connectivity index (χ3v) is 4.18. The van der Waals surface area contributed by atoms with Gasteiger partial charge in [0.15, 0.2) is 0 Å². The van der Waals surface area contributed by atoms with Gasteiger partial charge in [-0.1, -0.05) is 63.2 Å². The second kappa shape index (κ2) is 5.19. The first-order valence-electron chi connectivity index (χ1n) is 7.58. The van der Waals surface area contributed by atoms with Gasteiger partial charge in [-0.2, -0.15) is 0 Å². The van der Waals surface area contributed by atoms with Crippen LogP contribution in [0.4, 0.5) is 0 Å². The summed E-state index contributed by atoms with van der Waals surface area (Å²) in [6.45, 7) is 7.44. The number of para-hydroxylation sites is 1. The lowest BCUT2D eigenvalue weighted by atomic mass is 9.80. The summed E-state index contributed by atoms with van der Waals surface area (Å²) in [4.78, 5) is 0. The van der Waals surface area contributed by atoms with Crippen LogP contribution in [0.5, 0.6) is 5.75 Å². The van der Waals surface area contributed by atoms with E-state index in [1.165, 1.54) is 16.7 Å². The number of hydrogen-bond donors (Lipinski definition) is 1. The van der Waals surface area contributed by atoms with Crippen molar-refractivity contribution >= 4 is 0 Å². The molecule has 0 saturated carbocycles. The second-order valence-electron chi connectivity index (χ2n) is 6.75. The highest BCUT2D eigenvalue weighted by molar-refractivity contribution is 5.50. The van der Waals surface area contributed by atoms with Crippen LogP contribution in [0.2, 0.25) is 0 Å². The normalized spacial score (nSPS) is 15.4. The first-order chi connectivity index (χ1) is 9.98. The predicted molar refractivity (Wildman–Crippen MR) is 86.8 cm³/mol. The van der Waals surface area contributed by atoms with Crippen molar-refractivity contribution in [1.29, 1.82) is 0 Å². The molecule has 2 nitrogen and oxygen atoms in total. The highest BCUT2D eigenvalue weighted by atomic mass is 16.5. The first kappa shape index (κ1) is 14.2. The molecule has 0 spiro atoms. The van der Waals surface area contributed by atoms with Crippen molar-refractivity contribution in [3.8, 4) is 5.75 Å². The van der Waals surface area contributed by atoms with E-state index < -0.39 is 0 Å². The molecule has 1 atom stereocenters. The summed E-state index contributed by atoms with van der Waals surface area (Å²) < 4.78 is 5.82. The van der Waals surface area contributed by atoms with Crippen LogP contribution >= 0.6 is 0 Å². The van der Waals surface area contributed by atoms with Crippen LogP contribution in [0, 0.1) is 0 Å². The Labute approximate surface area is 126 Å². The average molecular weight is 281 g/mol. The maximum absolute atomic E-state index is 6.61. The Bertz CT molecular complexity index is 655. The van der Waals surface area contributed by atoms with Gasteiger partial charge < -0.3 is 10.5 Å². The van der Waals surface area contributed by atoms with Crippen molar-refractivity contribution in [2.45, 2.75) is 38.6 Å². The van der Waals surface area contributed by atoms with E-state index >= 15 is 0 Å². The standard InChI is InChI=1S/C19H23NO/c1-19(2,3)16-10-5-4-8-14(16)17(20)15-9-6-7-13-11-12-21-18(13)15/h4-10,17H,11-12,20H2,1-3H3. The summed E-state index contributed by atoms with van der Waals surface area (Å²) in [6, 6.07) is 14.6. The molecule has 0 radical (unpaired) electrons. The van der Waals surface area contributed by atoms with Crippen molar-refractivity contribution in [3.05, 3.63) is 64.7 Å². The predicted octanol–water partition coefficient (Wildman–Crippen LogP) is 3.97. The lowest BCUT2D eigenvalue weighted by molar-refractivity contribution is 0.352. The number of nitrogens with two attached hydrogens (primary N) is 1. The van der Waals surface area contributed by atoms with E-state index in [1.54, 1.807) is 0 Å². The fourth-order valence-electron chi connectivity index (χ4n) is 3.10. The van der Waals surface area contributed by atoms with E-state index in [0.717, 1.165) is 24.3 Å². The molecule has 110 valence electrons. The molecule has 0 aliphatic carbocycles. The summed E-state index contributed by atoms with van der Waals surface area (Å²) in [7, 11) is 0. The van der Waals surface area contributed by atoms with Crippen molar-refractivity contribution in [3.63, 3.8) is 0 Å². The number of rotatable bonds is 2. The Balaban J connectivity index is 2.08. The monoisotopic (exact) mass is 281 g/mol. The maximum Gasteiger partial charge on any atom is 0.127 e. The topological polar surface area (TPSA) is 35.2 Å². The molecule has 2 N–H and O–H groups in total. The molecule has 2 heteroatoms. The lowest BCUT2D eigenvalue weighted by Gasteiger charge is -2.26. The molecule has 0 fully saturated rings. The molecular weight excluding hydrogens is 258 g/mol. The smallest absolute Gasteiger partial charge is 0.127 e. The van der Waals surface area contributed by atoms with Crippen molar-refractivity contribution in [2.75, 3.05) is 6.61 Å². The Morgan fingerprint density at radius 2 is 1.71 bits per heavy atom. The van der Waals surface area contributed by atoms with Crippen LogP contribution in [-0.4, -0.2) is 6.61 Å². The SMILES string of the molecule is CC(C)(C)c1ccccc1C(N)c1cccc2c1OCC2. The average Bonchev–Trinajstić information content (AvgIpc) is 2.94. The molecule has 0 bridgehead atoms. The zero-order chi connectivity index (χ0) is 15.0. The summed E-state index contributed by atoms with van der Waals surface area (Å²) in [6.07, 6.45) is 0.983. The van der Waals surface area contributed by atoms with Crippen molar-refractivity contribution in [2.24, 2.45) is 5.73 Å². The Morgan fingerprint density at radius 1 is 1.00 bits per heavy atom. The van der Waals surface area contributed by atoms with Gasteiger partial charge in [0.2, 0.25) is 0 Å². The van der Waals surface area contributed by atoms with Crippen molar-refractivity contribution < 1.29 is 4.74 Å². The van der Waals surface area contributed by atoms with E-state index in [0.29, 0.717) is 0 Å². The van der Waals surface area contributed by atoms with Crippen LogP contribution < -0.4 is 10.5 Å². The molecule has 2 aromatic rings. The van der Waals surface area contributed by atoms with Gasteiger partial charge in [0.25, 0.3) is 0 Å². The zero-order valence-corrected chi connectivity index (χ0v) is 13.0. The lowest BCUT2D eigenvalue weighted by Crippen LogP contribution is -2.21. The minimum absolute atomic E-state index is 0.0764. The molecule has 0 aromatic heterocycles. The molecule has 1 aliphatic rings. The van der Waals surface area contributed by atoms with Gasteiger partial charge in [-0.15, -0.1) is 0 Å². The fraction of sp³-hybridized carbons (Fsp3) is 0.368. The van der Waals surface area contributed by atoms with Crippen LogP contribution in [0.15, 0.2) is 42.5 Å². The molecule has 1 unspecified atom stereocenters. The Morgan fingerprint density at radius 3 is 2.48 bits per heavy atom. The number of fused-ring (bicyclic) bond motifs is 1.